The molecule has 1 fully saturated rings. The van der Waals surface area contributed by atoms with Crippen molar-refractivity contribution < 1.29 is 28.6 Å². The van der Waals surface area contributed by atoms with E-state index in [1.54, 1.807) is 0 Å². The minimum absolute atomic E-state index is 0.0331. The summed E-state index contributed by atoms with van der Waals surface area (Å²) in [6, 6.07) is 3.57. The van der Waals surface area contributed by atoms with E-state index in [1.807, 2.05) is 0 Å². The highest BCUT2D eigenvalue weighted by Gasteiger charge is 2.29. The molecule has 1 aromatic carbocycles. The van der Waals surface area contributed by atoms with Gasteiger partial charge in [0, 0.05) is 6.54 Å². The Kier molecular flexibility index (Phi) is 4.98. The standard InChI is InChI=1S/C13H13ClFNO5/c14-9-5-8(15)1-2-10(9)21-7-12(17)16-3-4-20-11(6-16)13(18)19/h1-2,5,11H,3-4,6-7H2,(H,18,19)/t11-/m1/s1. The van der Waals surface area contributed by atoms with Gasteiger partial charge in [-0.3, -0.25) is 4.79 Å². The quantitative estimate of drug-likeness (QED) is 0.902. The first kappa shape index (κ1) is 15.5. The largest absolute Gasteiger partial charge is 0.482 e. The number of amides is 1. The summed E-state index contributed by atoms with van der Waals surface area (Å²) in [6.45, 7) is 0.107. The predicted octanol–water partition coefficient (Wildman–Crippen LogP) is 1.17. The van der Waals surface area contributed by atoms with Crippen LogP contribution in [0.15, 0.2) is 18.2 Å². The second kappa shape index (κ2) is 6.73. The first-order chi connectivity index (χ1) is 9.97. The van der Waals surface area contributed by atoms with Gasteiger partial charge in [-0.2, -0.15) is 0 Å². The van der Waals surface area contributed by atoms with Crippen LogP contribution in [0.1, 0.15) is 0 Å². The fraction of sp³-hybridized carbons (Fsp3) is 0.385. The Hall–Kier alpha value is -1.86. The molecule has 6 nitrogen and oxygen atoms in total. The molecule has 1 saturated heterocycles. The van der Waals surface area contributed by atoms with Crippen LogP contribution in [0, 0.1) is 5.82 Å². The average Bonchev–Trinajstić information content (AvgIpc) is 2.46. The van der Waals surface area contributed by atoms with Crippen molar-refractivity contribution in [3.8, 4) is 5.75 Å². The monoisotopic (exact) mass is 317 g/mol. The molecule has 8 heteroatoms. The van der Waals surface area contributed by atoms with Crippen molar-refractivity contribution in [3.05, 3.63) is 29.0 Å². The van der Waals surface area contributed by atoms with E-state index < -0.39 is 17.9 Å². The third kappa shape index (κ3) is 4.05. The van der Waals surface area contributed by atoms with Gasteiger partial charge in [-0.1, -0.05) is 11.6 Å². The molecule has 0 spiro atoms. The number of carbonyl (C=O) groups is 2. The Morgan fingerprint density at radius 3 is 2.95 bits per heavy atom. The number of hydrogen-bond donors (Lipinski definition) is 1. The highest BCUT2D eigenvalue weighted by atomic mass is 35.5. The Morgan fingerprint density at radius 1 is 1.52 bits per heavy atom. The summed E-state index contributed by atoms with van der Waals surface area (Å²) in [5, 5.41) is 8.92. The van der Waals surface area contributed by atoms with Gasteiger partial charge in [-0.15, -0.1) is 0 Å². The van der Waals surface area contributed by atoms with E-state index in [9.17, 15) is 14.0 Å². The molecular formula is C13H13ClFNO5. The van der Waals surface area contributed by atoms with Crippen LogP contribution in [0.3, 0.4) is 0 Å². The summed E-state index contributed by atoms with van der Waals surface area (Å²) in [5.41, 5.74) is 0. The summed E-state index contributed by atoms with van der Waals surface area (Å²) < 4.78 is 23.1. The zero-order valence-corrected chi connectivity index (χ0v) is 11.7. The van der Waals surface area contributed by atoms with Crippen LogP contribution >= 0.6 is 11.6 Å². The minimum Gasteiger partial charge on any atom is -0.482 e. The molecule has 0 bridgehead atoms. The van der Waals surface area contributed by atoms with Gasteiger partial charge in [0.1, 0.15) is 11.6 Å². The third-order valence-electron chi connectivity index (χ3n) is 2.94. The Bertz CT molecular complexity index is 553. The number of carboxylic acids is 1. The number of carboxylic acid groups (broad SMARTS) is 1. The zero-order valence-electron chi connectivity index (χ0n) is 10.9. The maximum absolute atomic E-state index is 12.9. The Labute approximate surface area is 125 Å². The molecule has 2 rings (SSSR count). The summed E-state index contributed by atoms with van der Waals surface area (Å²) in [5.74, 6) is -1.81. The maximum Gasteiger partial charge on any atom is 0.334 e. The van der Waals surface area contributed by atoms with Gasteiger partial charge in [0.05, 0.1) is 18.2 Å². The number of carbonyl (C=O) groups excluding carboxylic acids is 1. The lowest BCUT2D eigenvalue weighted by atomic mass is 10.2. The third-order valence-corrected chi connectivity index (χ3v) is 3.24. The molecule has 1 amide bonds. The maximum atomic E-state index is 12.9. The van der Waals surface area contributed by atoms with Crippen LogP contribution in [-0.2, 0) is 14.3 Å². The van der Waals surface area contributed by atoms with Crippen molar-refractivity contribution in [3.63, 3.8) is 0 Å². The SMILES string of the molecule is O=C(O)[C@H]1CN(C(=O)COc2ccc(F)cc2Cl)CCO1. The van der Waals surface area contributed by atoms with E-state index in [-0.39, 0.29) is 36.4 Å². The molecule has 0 saturated carbocycles. The lowest BCUT2D eigenvalue weighted by molar-refractivity contribution is -0.159. The van der Waals surface area contributed by atoms with Gasteiger partial charge in [-0.05, 0) is 18.2 Å². The number of nitrogens with zero attached hydrogens (tertiary/aromatic N) is 1. The molecule has 0 unspecified atom stereocenters. The molecule has 1 aromatic rings. The van der Waals surface area contributed by atoms with Crippen molar-refractivity contribution in [1.29, 1.82) is 0 Å². The van der Waals surface area contributed by atoms with Crippen LogP contribution in [0.5, 0.6) is 5.75 Å². The van der Waals surface area contributed by atoms with Crippen molar-refractivity contribution in [2.45, 2.75) is 6.10 Å². The predicted molar refractivity (Wildman–Crippen MR) is 70.9 cm³/mol. The fourth-order valence-electron chi connectivity index (χ4n) is 1.85. The fourth-order valence-corrected chi connectivity index (χ4v) is 2.07. The van der Waals surface area contributed by atoms with E-state index in [0.29, 0.717) is 6.54 Å². The molecular weight excluding hydrogens is 305 g/mol. The van der Waals surface area contributed by atoms with Gasteiger partial charge in [-0.25, -0.2) is 9.18 Å². The lowest BCUT2D eigenvalue weighted by Crippen LogP contribution is -2.49. The first-order valence-electron chi connectivity index (χ1n) is 6.17. The number of rotatable bonds is 4. The summed E-state index contributed by atoms with van der Waals surface area (Å²) in [6.07, 6.45) is -1.03. The molecule has 1 heterocycles. The van der Waals surface area contributed by atoms with Crippen LogP contribution in [0.2, 0.25) is 5.02 Å². The molecule has 0 aliphatic carbocycles. The highest BCUT2D eigenvalue weighted by molar-refractivity contribution is 6.32. The highest BCUT2D eigenvalue weighted by Crippen LogP contribution is 2.24. The van der Waals surface area contributed by atoms with Gasteiger partial charge in [0.2, 0.25) is 0 Å². The minimum atomic E-state index is -1.12. The van der Waals surface area contributed by atoms with E-state index in [0.717, 1.165) is 6.07 Å². The molecule has 1 aliphatic heterocycles. The van der Waals surface area contributed by atoms with E-state index >= 15 is 0 Å². The number of morpholine rings is 1. The summed E-state index contributed by atoms with van der Waals surface area (Å²) in [4.78, 5) is 24.1. The van der Waals surface area contributed by atoms with Gasteiger partial charge >= 0.3 is 5.97 Å². The van der Waals surface area contributed by atoms with Crippen LogP contribution in [0.4, 0.5) is 4.39 Å². The molecule has 0 aromatic heterocycles. The number of ether oxygens (including phenoxy) is 2. The molecule has 1 N–H and O–H groups in total. The molecule has 21 heavy (non-hydrogen) atoms. The number of benzene rings is 1. The smallest absolute Gasteiger partial charge is 0.334 e. The van der Waals surface area contributed by atoms with E-state index in [2.05, 4.69) is 0 Å². The molecule has 114 valence electrons. The number of aliphatic carboxylic acids is 1. The summed E-state index contributed by atoms with van der Waals surface area (Å²) in [7, 11) is 0. The van der Waals surface area contributed by atoms with Crippen molar-refractivity contribution in [2.24, 2.45) is 0 Å². The van der Waals surface area contributed by atoms with Crippen LogP contribution in [0.25, 0.3) is 0 Å². The van der Waals surface area contributed by atoms with Crippen molar-refractivity contribution in [2.75, 3.05) is 26.3 Å². The molecule has 1 atom stereocenters. The first-order valence-corrected chi connectivity index (χ1v) is 6.55. The normalized spacial score (nSPS) is 18.4. The Morgan fingerprint density at radius 2 is 2.29 bits per heavy atom. The average molecular weight is 318 g/mol. The second-order valence-corrected chi connectivity index (χ2v) is 4.81. The van der Waals surface area contributed by atoms with Gasteiger partial charge < -0.3 is 19.5 Å². The Balaban J connectivity index is 1.90. The number of halogens is 2. The lowest BCUT2D eigenvalue weighted by Gasteiger charge is -2.30. The van der Waals surface area contributed by atoms with Crippen molar-refractivity contribution in [1.82, 2.24) is 4.90 Å². The van der Waals surface area contributed by atoms with Gasteiger partial charge in [0.25, 0.3) is 5.91 Å². The zero-order chi connectivity index (χ0) is 15.4. The van der Waals surface area contributed by atoms with Crippen LogP contribution in [-0.4, -0.2) is 54.3 Å². The van der Waals surface area contributed by atoms with Crippen molar-refractivity contribution >= 4 is 23.5 Å². The topological polar surface area (TPSA) is 76.1 Å². The van der Waals surface area contributed by atoms with Crippen LogP contribution < -0.4 is 4.74 Å². The second-order valence-electron chi connectivity index (χ2n) is 4.40. The molecule has 1 aliphatic rings. The molecule has 0 radical (unpaired) electrons. The number of hydrogen-bond acceptors (Lipinski definition) is 4. The van der Waals surface area contributed by atoms with E-state index in [1.165, 1.54) is 17.0 Å². The van der Waals surface area contributed by atoms with E-state index in [4.69, 9.17) is 26.2 Å². The van der Waals surface area contributed by atoms with Gasteiger partial charge in [0.15, 0.2) is 12.7 Å². The summed E-state index contributed by atoms with van der Waals surface area (Å²) >= 11 is 5.78.